The van der Waals surface area contributed by atoms with Gasteiger partial charge in [0.25, 0.3) is 0 Å². The molecular weight excluding hydrogens is 284 g/mol. The third-order valence-electron chi connectivity index (χ3n) is 2.83. The lowest BCUT2D eigenvalue weighted by atomic mass is 10.1. The van der Waals surface area contributed by atoms with Crippen LogP contribution in [-0.2, 0) is 12.7 Å². The molecule has 2 aromatic rings. The minimum absolute atomic E-state index is 0.0489. The van der Waals surface area contributed by atoms with Crippen LogP contribution in [0, 0.1) is 17.1 Å². The van der Waals surface area contributed by atoms with Crippen molar-refractivity contribution in [3.8, 4) is 6.07 Å². The van der Waals surface area contributed by atoms with Gasteiger partial charge in [0.15, 0.2) is 0 Å². The number of hydrogen-bond donors (Lipinski definition) is 1. The molecule has 2 nitrogen and oxygen atoms in total. The molecule has 108 valence electrons. The standard InChI is InChI=1S/C15H10F4N2/c16-12-5-10(8-20)6-13(7-12)21-9-11-3-1-2-4-14(11)15(17,18)19/h1-7,21H,9H2. The van der Waals surface area contributed by atoms with E-state index < -0.39 is 17.6 Å². The largest absolute Gasteiger partial charge is 0.416 e. The van der Waals surface area contributed by atoms with Crippen molar-refractivity contribution in [2.24, 2.45) is 0 Å². The molecule has 1 N–H and O–H groups in total. The molecule has 0 radical (unpaired) electrons. The molecule has 0 heterocycles. The van der Waals surface area contributed by atoms with Gasteiger partial charge in [-0.3, -0.25) is 0 Å². The Morgan fingerprint density at radius 2 is 1.81 bits per heavy atom. The predicted octanol–water partition coefficient (Wildman–Crippen LogP) is 4.33. The molecule has 2 rings (SSSR count). The van der Waals surface area contributed by atoms with Gasteiger partial charge in [-0.05, 0) is 29.8 Å². The van der Waals surface area contributed by atoms with Crippen LogP contribution in [0.1, 0.15) is 16.7 Å². The fraction of sp³-hybridized carbons (Fsp3) is 0.133. The first-order chi connectivity index (χ1) is 9.90. The predicted molar refractivity (Wildman–Crippen MR) is 69.9 cm³/mol. The van der Waals surface area contributed by atoms with Crippen LogP contribution in [0.2, 0.25) is 0 Å². The van der Waals surface area contributed by atoms with Crippen LogP contribution < -0.4 is 5.32 Å². The highest BCUT2D eigenvalue weighted by atomic mass is 19.4. The summed E-state index contributed by atoms with van der Waals surface area (Å²) in [5.41, 5.74) is -0.340. The summed E-state index contributed by atoms with van der Waals surface area (Å²) < 4.78 is 51.7. The minimum atomic E-state index is -4.45. The highest BCUT2D eigenvalue weighted by Gasteiger charge is 2.32. The van der Waals surface area contributed by atoms with Gasteiger partial charge in [0.2, 0.25) is 0 Å². The molecule has 21 heavy (non-hydrogen) atoms. The average Bonchev–Trinajstić information content (AvgIpc) is 2.44. The Labute approximate surface area is 118 Å². The van der Waals surface area contributed by atoms with Gasteiger partial charge in [-0.25, -0.2) is 4.39 Å². The summed E-state index contributed by atoms with van der Waals surface area (Å²) in [7, 11) is 0. The lowest BCUT2D eigenvalue weighted by molar-refractivity contribution is -0.138. The van der Waals surface area contributed by atoms with Crippen molar-refractivity contribution >= 4 is 5.69 Å². The van der Waals surface area contributed by atoms with Gasteiger partial charge in [-0.1, -0.05) is 18.2 Å². The van der Waals surface area contributed by atoms with E-state index in [4.69, 9.17) is 5.26 Å². The van der Waals surface area contributed by atoms with E-state index in [2.05, 4.69) is 5.32 Å². The molecule has 0 unspecified atom stereocenters. The van der Waals surface area contributed by atoms with Crippen molar-refractivity contribution in [2.45, 2.75) is 12.7 Å². The van der Waals surface area contributed by atoms with Crippen LogP contribution >= 0.6 is 0 Å². The van der Waals surface area contributed by atoms with Crippen molar-refractivity contribution in [3.63, 3.8) is 0 Å². The first-order valence-corrected chi connectivity index (χ1v) is 6.00. The van der Waals surface area contributed by atoms with Crippen LogP contribution in [-0.4, -0.2) is 0 Å². The zero-order valence-electron chi connectivity index (χ0n) is 10.7. The van der Waals surface area contributed by atoms with Crippen LogP contribution in [0.5, 0.6) is 0 Å². The third-order valence-corrected chi connectivity index (χ3v) is 2.83. The van der Waals surface area contributed by atoms with Crippen molar-refractivity contribution in [3.05, 3.63) is 65.0 Å². The Morgan fingerprint density at radius 1 is 1.10 bits per heavy atom. The summed E-state index contributed by atoms with van der Waals surface area (Å²) in [6.07, 6.45) is -4.45. The topological polar surface area (TPSA) is 35.8 Å². The molecule has 0 atom stereocenters. The van der Waals surface area contributed by atoms with E-state index in [9.17, 15) is 17.6 Å². The molecular formula is C15H10F4N2. The molecule has 0 fully saturated rings. The van der Waals surface area contributed by atoms with Crippen molar-refractivity contribution < 1.29 is 17.6 Å². The van der Waals surface area contributed by atoms with E-state index in [0.29, 0.717) is 0 Å². The number of hydrogen-bond acceptors (Lipinski definition) is 2. The number of halogens is 4. The summed E-state index contributed by atoms with van der Waals surface area (Å²) in [6, 6.07) is 10.5. The van der Waals surface area contributed by atoms with E-state index in [-0.39, 0.29) is 23.4 Å². The Bertz CT molecular complexity index is 687. The maximum absolute atomic E-state index is 13.2. The number of rotatable bonds is 3. The van der Waals surface area contributed by atoms with Crippen LogP contribution in [0.3, 0.4) is 0 Å². The Morgan fingerprint density at radius 3 is 2.48 bits per heavy atom. The molecule has 0 spiro atoms. The molecule has 0 amide bonds. The number of alkyl halides is 3. The highest BCUT2D eigenvalue weighted by molar-refractivity contribution is 5.50. The normalized spacial score (nSPS) is 11.0. The maximum Gasteiger partial charge on any atom is 0.416 e. The molecule has 0 aliphatic carbocycles. The SMILES string of the molecule is N#Cc1cc(F)cc(NCc2ccccc2C(F)(F)F)c1. The lowest BCUT2D eigenvalue weighted by Gasteiger charge is -2.14. The quantitative estimate of drug-likeness (QED) is 0.855. The van der Waals surface area contributed by atoms with Gasteiger partial charge in [0.1, 0.15) is 5.82 Å². The summed E-state index contributed by atoms with van der Waals surface area (Å²) in [4.78, 5) is 0. The molecule has 2 aromatic carbocycles. The van der Waals surface area contributed by atoms with E-state index in [0.717, 1.165) is 18.2 Å². The molecule has 0 saturated carbocycles. The van der Waals surface area contributed by atoms with Crippen LogP contribution in [0.15, 0.2) is 42.5 Å². The Kier molecular flexibility index (Phi) is 4.13. The van der Waals surface area contributed by atoms with Crippen LogP contribution in [0.25, 0.3) is 0 Å². The first kappa shape index (κ1) is 14.9. The third kappa shape index (κ3) is 3.72. The number of nitrogens with zero attached hydrogens (tertiary/aromatic N) is 1. The van der Waals surface area contributed by atoms with Crippen molar-refractivity contribution in [1.82, 2.24) is 0 Å². The number of benzene rings is 2. The maximum atomic E-state index is 13.2. The van der Waals surface area contributed by atoms with Gasteiger partial charge in [0, 0.05) is 12.2 Å². The summed E-state index contributed by atoms with van der Waals surface area (Å²) >= 11 is 0. The van der Waals surface area contributed by atoms with E-state index in [1.165, 1.54) is 24.3 Å². The van der Waals surface area contributed by atoms with Crippen LogP contribution in [0.4, 0.5) is 23.2 Å². The zero-order chi connectivity index (χ0) is 15.5. The second kappa shape index (κ2) is 5.83. The van der Waals surface area contributed by atoms with Crippen molar-refractivity contribution in [1.29, 1.82) is 5.26 Å². The molecule has 0 bridgehead atoms. The lowest BCUT2D eigenvalue weighted by Crippen LogP contribution is -2.11. The first-order valence-electron chi connectivity index (χ1n) is 6.00. The van der Waals surface area contributed by atoms with Gasteiger partial charge < -0.3 is 5.32 Å². The van der Waals surface area contributed by atoms with Gasteiger partial charge in [-0.15, -0.1) is 0 Å². The Balaban J connectivity index is 2.22. The van der Waals surface area contributed by atoms with E-state index in [1.807, 2.05) is 0 Å². The number of nitrogens with one attached hydrogen (secondary N) is 1. The summed E-state index contributed by atoms with van der Waals surface area (Å²) in [5, 5.41) is 11.4. The van der Waals surface area contributed by atoms with Gasteiger partial charge in [-0.2, -0.15) is 18.4 Å². The summed E-state index contributed by atoms with van der Waals surface area (Å²) in [5.74, 6) is -0.624. The van der Waals surface area contributed by atoms with E-state index in [1.54, 1.807) is 6.07 Å². The van der Waals surface area contributed by atoms with E-state index >= 15 is 0 Å². The Hall–Kier alpha value is -2.55. The zero-order valence-corrected chi connectivity index (χ0v) is 10.7. The fourth-order valence-corrected chi connectivity index (χ4v) is 1.90. The molecule has 0 aromatic heterocycles. The second-order valence-electron chi connectivity index (χ2n) is 4.35. The molecule has 0 aliphatic rings. The second-order valence-corrected chi connectivity index (χ2v) is 4.35. The molecule has 0 aliphatic heterocycles. The minimum Gasteiger partial charge on any atom is -0.381 e. The number of nitriles is 1. The van der Waals surface area contributed by atoms with Crippen molar-refractivity contribution in [2.75, 3.05) is 5.32 Å². The fourth-order valence-electron chi connectivity index (χ4n) is 1.90. The molecule has 0 saturated heterocycles. The number of anilines is 1. The molecule has 6 heteroatoms. The smallest absolute Gasteiger partial charge is 0.381 e. The monoisotopic (exact) mass is 294 g/mol. The summed E-state index contributed by atoms with van der Waals surface area (Å²) in [6.45, 7) is -0.121. The highest BCUT2D eigenvalue weighted by Crippen LogP contribution is 2.32. The average molecular weight is 294 g/mol. The van der Waals surface area contributed by atoms with Gasteiger partial charge >= 0.3 is 6.18 Å². The van der Waals surface area contributed by atoms with Gasteiger partial charge in [0.05, 0.1) is 17.2 Å².